The molecule has 0 unspecified atom stereocenters. The van der Waals surface area contributed by atoms with Crippen molar-refractivity contribution in [2.45, 2.75) is 70.9 Å². The molecule has 1 aromatic carbocycles. The number of alkyl halides is 1. The number of hydrogen-bond donors (Lipinski definition) is 2. The lowest BCUT2D eigenvalue weighted by atomic mass is 9.98. The first-order chi connectivity index (χ1) is 17.9. The summed E-state index contributed by atoms with van der Waals surface area (Å²) in [7, 11) is -4.25. The van der Waals surface area contributed by atoms with Gasteiger partial charge in [-0.1, -0.05) is 18.2 Å². The average molecular weight is 552 g/mol. The van der Waals surface area contributed by atoms with E-state index >= 15 is 4.39 Å². The van der Waals surface area contributed by atoms with Crippen LogP contribution in [0.5, 0.6) is 5.75 Å². The van der Waals surface area contributed by atoms with Crippen LogP contribution in [0.1, 0.15) is 39.7 Å². The first-order valence-electron chi connectivity index (χ1n) is 12.1. The van der Waals surface area contributed by atoms with Crippen molar-refractivity contribution in [1.29, 1.82) is 0 Å². The Morgan fingerprint density at radius 2 is 1.95 bits per heavy atom. The van der Waals surface area contributed by atoms with Gasteiger partial charge in [-0.3, -0.25) is 13.9 Å². The van der Waals surface area contributed by atoms with Crippen molar-refractivity contribution >= 4 is 25.0 Å². The molecule has 2 N–H and O–H groups in total. The van der Waals surface area contributed by atoms with Crippen molar-refractivity contribution in [1.82, 2.24) is 24.6 Å². The number of benzene rings is 1. The van der Waals surface area contributed by atoms with Gasteiger partial charge in [0.05, 0.1) is 12.7 Å². The van der Waals surface area contributed by atoms with Gasteiger partial charge in [-0.05, 0) is 46.8 Å². The third-order valence-corrected chi connectivity index (χ3v) is 7.53. The molecule has 206 valence electrons. The summed E-state index contributed by atoms with van der Waals surface area (Å²) in [5, 5.41) is 13.4. The van der Waals surface area contributed by atoms with E-state index in [-0.39, 0.29) is 11.4 Å². The maximum atomic E-state index is 15.9. The molecule has 2 aromatic heterocycles. The molecule has 14 heteroatoms. The number of fused-ring (bicyclic) bond motifs is 1. The number of ether oxygens (including phenoxy) is 2. The minimum Gasteiger partial charge on any atom is -0.462 e. The number of aliphatic hydroxyl groups excluding tert-OH is 1. The van der Waals surface area contributed by atoms with Crippen LogP contribution in [0.2, 0.25) is 0 Å². The standard InChI is InChI=1S/C24H31FN5O7P/c1-14(2)35-22(32)15(3)29-38(33,37-17-9-7-6-8-10-17)34-13-18-19(31)24(5,25)23(36-18)30-16(4)28-20-21(30)27-12-11-26-20/h6-12,14-15,18-19,23,31H,13H2,1-5H3,(H,29,33)/t15-,18+,19+,23+,24+,38-/m0/s1. The van der Waals surface area contributed by atoms with Gasteiger partial charge >= 0.3 is 13.7 Å². The second-order valence-electron chi connectivity index (χ2n) is 9.39. The number of carbonyl (C=O) groups excluding carboxylic acids is 1. The van der Waals surface area contributed by atoms with Crippen LogP contribution < -0.4 is 9.61 Å². The monoisotopic (exact) mass is 551 g/mol. The van der Waals surface area contributed by atoms with Crippen molar-refractivity contribution < 1.29 is 37.4 Å². The molecule has 0 radical (unpaired) electrons. The highest BCUT2D eigenvalue weighted by Gasteiger charge is 2.56. The van der Waals surface area contributed by atoms with Crippen LogP contribution in [0.15, 0.2) is 42.7 Å². The highest BCUT2D eigenvalue weighted by atomic mass is 31.2. The molecule has 3 aromatic rings. The normalized spacial score (nSPS) is 25.8. The Labute approximate surface area is 219 Å². The minimum atomic E-state index is -4.25. The number of aliphatic hydroxyl groups is 1. The number of nitrogens with zero attached hydrogens (tertiary/aromatic N) is 4. The van der Waals surface area contributed by atoms with Gasteiger partial charge < -0.3 is 19.1 Å². The Kier molecular flexibility index (Phi) is 8.15. The van der Waals surface area contributed by atoms with Gasteiger partial charge in [0.15, 0.2) is 23.2 Å². The van der Waals surface area contributed by atoms with E-state index in [9.17, 15) is 14.5 Å². The Morgan fingerprint density at radius 1 is 1.26 bits per heavy atom. The van der Waals surface area contributed by atoms with E-state index in [1.165, 1.54) is 30.8 Å². The lowest BCUT2D eigenvalue weighted by Gasteiger charge is -2.25. The molecule has 1 saturated heterocycles. The molecule has 1 fully saturated rings. The van der Waals surface area contributed by atoms with Crippen molar-refractivity contribution in [3.8, 4) is 5.75 Å². The highest BCUT2D eigenvalue weighted by Crippen LogP contribution is 2.48. The van der Waals surface area contributed by atoms with E-state index < -0.39 is 56.6 Å². The lowest BCUT2D eigenvalue weighted by Crippen LogP contribution is -2.41. The van der Waals surface area contributed by atoms with Gasteiger partial charge in [-0.25, -0.2) is 23.9 Å². The predicted octanol–water partition coefficient (Wildman–Crippen LogP) is 3.25. The molecule has 0 spiro atoms. The molecule has 6 atom stereocenters. The number of aryl methyl sites for hydroxylation is 1. The topological polar surface area (TPSA) is 147 Å². The van der Waals surface area contributed by atoms with E-state index in [4.69, 9.17) is 18.5 Å². The fourth-order valence-electron chi connectivity index (χ4n) is 4.05. The largest absolute Gasteiger partial charge is 0.462 e. The van der Waals surface area contributed by atoms with Crippen LogP contribution in [0.3, 0.4) is 0 Å². The molecule has 4 rings (SSSR count). The minimum absolute atomic E-state index is 0.202. The third-order valence-electron chi connectivity index (χ3n) is 5.89. The number of para-hydroxylation sites is 1. The molecular weight excluding hydrogens is 520 g/mol. The second-order valence-corrected chi connectivity index (χ2v) is 11.1. The Morgan fingerprint density at radius 3 is 2.63 bits per heavy atom. The van der Waals surface area contributed by atoms with Gasteiger partial charge in [-0.15, -0.1) is 0 Å². The highest BCUT2D eigenvalue weighted by molar-refractivity contribution is 7.52. The van der Waals surface area contributed by atoms with Crippen molar-refractivity contribution in [3.05, 3.63) is 48.5 Å². The SMILES string of the molecule is Cc1nc2nccnc2n1[C@@H]1O[C@H](CO[P@@](=O)(N[C@@H](C)C(=O)OC(C)C)Oc2ccccc2)[C@@H](O)[C@@]1(C)F. The zero-order chi connectivity index (χ0) is 27.7. The first-order valence-corrected chi connectivity index (χ1v) is 13.6. The zero-order valence-corrected chi connectivity index (χ0v) is 22.5. The summed E-state index contributed by atoms with van der Waals surface area (Å²) in [6.07, 6.45) is -1.74. The Bertz CT molecular complexity index is 1320. The molecule has 1 aliphatic heterocycles. The van der Waals surface area contributed by atoms with Crippen LogP contribution in [0.4, 0.5) is 4.39 Å². The average Bonchev–Trinajstić information content (AvgIpc) is 3.29. The lowest BCUT2D eigenvalue weighted by molar-refractivity contribution is -0.149. The molecule has 0 amide bonds. The van der Waals surface area contributed by atoms with Crippen LogP contribution in [-0.2, 0) is 23.4 Å². The van der Waals surface area contributed by atoms with E-state index in [0.29, 0.717) is 11.5 Å². The summed E-state index contributed by atoms with van der Waals surface area (Å²) in [4.78, 5) is 25.0. The van der Waals surface area contributed by atoms with Gasteiger partial charge in [0.2, 0.25) is 0 Å². The zero-order valence-electron chi connectivity index (χ0n) is 21.6. The summed E-state index contributed by atoms with van der Waals surface area (Å²) >= 11 is 0. The molecule has 0 aliphatic carbocycles. The van der Waals surface area contributed by atoms with Gasteiger partial charge in [0.1, 0.15) is 29.8 Å². The van der Waals surface area contributed by atoms with Crippen molar-refractivity contribution in [2.24, 2.45) is 0 Å². The molecule has 12 nitrogen and oxygen atoms in total. The fraction of sp³-hybridized carbons (Fsp3) is 0.500. The van der Waals surface area contributed by atoms with Crippen LogP contribution in [0.25, 0.3) is 11.3 Å². The fourth-order valence-corrected chi connectivity index (χ4v) is 5.55. The smallest absolute Gasteiger partial charge is 0.459 e. The van der Waals surface area contributed by atoms with Gasteiger partial charge in [-0.2, -0.15) is 5.09 Å². The Balaban J connectivity index is 1.55. The summed E-state index contributed by atoms with van der Waals surface area (Å²) < 4.78 is 53.3. The van der Waals surface area contributed by atoms with E-state index in [1.54, 1.807) is 51.1 Å². The number of hydrogen-bond acceptors (Lipinski definition) is 10. The Hall–Kier alpha value is -2.96. The number of carbonyl (C=O) groups is 1. The predicted molar refractivity (Wildman–Crippen MR) is 134 cm³/mol. The number of halogens is 1. The van der Waals surface area contributed by atoms with Crippen LogP contribution in [0, 0.1) is 6.92 Å². The van der Waals surface area contributed by atoms with Crippen molar-refractivity contribution in [2.75, 3.05) is 6.61 Å². The van der Waals surface area contributed by atoms with Gasteiger partial charge in [0, 0.05) is 12.4 Å². The number of rotatable bonds is 10. The quantitative estimate of drug-likeness (QED) is 0.283. The van der Waals surface area contributed by atoms with E-state index in [1.807, 2.05) is 0 Å². The van der Waals surface area contributed by atoms with Crippen LogP contribution >= 0.6 is 7.75 Å². The molecule has 3 heterocycles. The maximum Gasteiger partial charge on any atom is 0.459 e. The number of esters is 1. The molecule has 0 saturated carbocycles. The summed E-state index contributed by atoms with van der Waals surface area (Å²) in [6.45, 7) is 7.10. The summed E-state index contributed by atoms with van der Waals surface area (Å²) in [6, 6.07) is 7.11. The summed E-state index contributed by atoms with van der Waals surface area (Å²) in [5.74, 6) is -0.0865. The maximum absolute atomic E-state index is 15.9. The first kappa shape index (κ1) is 28.1. The molecule has 1 aliphatic rings. The molecule has 38 heavy (non-hydrogen) atoms. The van der Waals surface area contributed by atoms with Gasteiger partial charge in [0.25, 0.3) is 0 Å². The molecule has 0 bridgehead atoms. The van der Waals surface area contributed by atoms with Crippen molar-refractivity contribution in [3.63, 3.8) is 0 Å². The molecular formula is C24H31FN5O7P. The number of imidazole rings is 1. The number of aromatic nitrogens is 4. The summed E-state index contributed by atoms with van der Waals surface area (Å²) in [5.41, 5.74) is -1.72. The second kappa shape index (κ2) is 11.0. The third kappa shape index (κ3) is 5.87. The van der Waals surface area contributed by atoms with E-state index in [2.05, 4.69) is 20.0 Å². The van der Waals surface area contributed by atoms with E-state index in [0.717, 1.165) is 0 Å². The van der Waals surface area contributed by atoms with Crippen LogP contribution in [-0.4, -0.2) is 67.2 Å². The number of nitrogens with one attached hydrogen (secondary N) is 1.